The van der Waals surface area contributed by atoms with Crippen molar-refractivity contribution in [2.75, 3.05) is 0 Å². The second-order valence-electron chi connectivity index (χ2n) is 4.15. The van der Waals surface area contributed by atoms with Gasteiger partial charge in [0.2, 0.25) is 0 Å². The summed E-state index contributed by atoms with van der Waals surface area (Å²) in [5, 5.41) is 8.35. The molecule has 0 N–H and O–H groups in total. The molecule has 11 heavy (non-hydrogen) atoms. The van der Waals surface area contributed by atoms with Gasteiger partial charge in [0.05, 0.1) is 6.07 Å². The van der Waals surface area contributed by atoms with Crippen molar-refractivity contribution in [2.45, 2.75) is 47.0 Å². The van der Waals surface area contributed by atoms with Crippen molar-refractivity contribution in [2.24, 2.45) is 11.3 Å². The molecule has 0 radical (unpaired) electrons. The predicted octanol–water partition coefficient (Wildman–Crippen LogP) is 3.36. The molecule has 0 aromatic carbocycles. The molecule has 0 aliphatic heterocycles. The molecule has 0 aromatic heterocycles. The van der Waals surface area contributed by atoms with Gasteiger partial charge in [-0.2, -0.15) is 5.26 Å². The molecule has 0 aliphatic rings. The van der Waals surface area contributed by atoms with E-state index in [1.807, 2.05) is 0 Å². The van der Waals surface area contributed by atoms with Gasteiger partial charge in [0, 0.05) is 6.42 Å². The van der Waals surface area contributed by atoms with E-state index in [1.165, 1.54) is 0 Å². The van der Waals surface area contributed by atoms with Crippen LogP contribution in [-0.4, -0.2) is 0 Å². The van der Waals surface area contributed by atoms with Gasteiger partial charge in [-0.05, 0) is 24.2 Å². The van der Waals surface area contributed by atoms with Crippen LogP contribution >= 0.6 is 0 Å². The summed E-state index contributed by atoms with van der Waals surface area (Å²) in [5.41, 5.74) is 0.400. The summed E-state index contributed by atoms with van der Waals surface area (Å²) in [4.78, 5) is 0. The van der Waals surface area contributed by atoms with Gasteiger partial charge in [0.25, 0.3) is 0 Å². The Morgan fingerprint density at radius 2 is 1.91 bits per heavy atom. The molecule has 0 heterocycles. The highest BCUT2D eigenvalue weighted by molar-refractivity contribution is 4.76. The van der Waals surface area contributed by atoms with Gasteiger partial charge in [-0.3, -0.25) is 0 Å². The van der Waals surface area contributed by atoms with Crippen molar-refractivity contribution < 1.29 is 0 Å². The summed E-state index contributed by atoms with van der Waals surface area (Å²) in [6.07, 6.45) is 2.91. The number of nitriles is 1. The fraction of sp³-hybridized carbons (Fsp3) is 0.900. The van der Waals surface area contributed by atoms with Crippen LogP contribution in [0, 0.1) is 22.7 Å². The third kappa shape index (κ3) is 4.03. The summed E-state index contributed by atoms with van der Waals surface area (Å²) < 4.78 is 0. The molecule has 64 valence electrons. The van der Waals surface area contributed by atoms with Crippen molar-refractivity contribution >= 4 is 0 Å². The van der Waals surface area contributed by atoms with Gasteiger partial charge in [0.1, 0.15) is 0 Å². The SMILES string of the molecule is CC(C)C(C)(C)CCCC#N. The van der Waals surface area contributed by atoms with Crippen LogP contribution in [0.15, 0.2) is 0 Å². The Morgan fingerprint density at radius 1 is 1.36 bits per heavy atom. The van der Waals surface area contributed by atoms with Crippen LogP contribution in [-0.2, 0) is 0 Å². The standard InChI is InChI=1S/C10H19N/c1-9(2)10(3,4)7-5-6-8-11/h9H,5-7H2,1-4H3. The van der Waals surface area contributed by atoms with E-state index >= 15 is 0 Å². The zero-order chi connectivity index (χ0) is 8.91. The summed E-state index contributed by atoms with van der Waals surface area (Å²) in [7, 11) is 0. The molecule has 0 spiro atoms. The van der Waals surface area contributed by atoms with Gasteiger partial charge in [0.15, 0.2) is 0 Å². The lowest BCUT2D eigenvalue weighted by atomic mass is 9.77. The van der Waals surface area contributed by atoms with Crippen LogP contribution in [0.25, 0.3) is 0 Å². The minimum atomic E-state index is 0.400. The third-order valence-electron chi connectivity index (χ3n) is 2.67. The van der Waals surface area contributed by atoms with Crippen LogP contribution in [0.3, 0.4) is 0 Å². The Balaban J connectivity index is 3.66. The first-order valence-corrected chi connectivity index (χ1v) is 4.37. The van der Waals surface area contributed by atoms with Crippen molar-refractivity contribution in [3.05, 3.63) is 0 Å². The summed E-state index contributed by atoms with van der Waals surface area (Å²) in [6, 6.07) is 2.18. The molecular formula is C10H19N. The molecular weight excluding hydrogens is 134 g/mol. The number of hydrogen-bond donors (Lipinski definition) is 0. The second-order valence-corrected chi connectivity index (χ2v) is 4.15. The highest BCUT2D eigenvalue weighted by atomic mass is 14.3. The largest absolute Gasteiger partial charge is 0.198 e. The molecule has 0 rings (SSSR count). The smallest absolute Gasteiger partial charge is 0.0621 e. The van der Waals surface area contributed by atoms with E-state index in [-0.39, 0.29) is 0 Å². The lowest BCUT2D eigenvalue weighted by Crippen LogP contribution is -2.18. The molecule has 0 atom stereocenters. The van der Waals surface area contributed by atoms with Gasteiger partial charge in [-0.1, -0.05) is 27.7 Å². The summed E-state index contributed by atoms with van der Waals surface area (Å²) in [6.45, 7) is 9.03. The van der Waals surface area contributed by atoms with E-state index in [0.29, 0.717) is 17.8 Å². The van der Waals surface area contributed by atoms with Crippen molar-refractivity contribution in [1.82, 2.24) is 0 Å². The van der Waals surface area contributed by atoms with Crippen LogP contribution in [0.2, 0.25) is 0 Å². The zero-order valence-corrected chi connectivity index (χ0v) is 8.15. The minimum Gasteiger partial charge on any atom is -0.198 e. The summed E-state index contributed by atoms with van der Waals surface area (Å²) >= 11 is 0. The highest BCUT2D eigenvalue weighted by Gasteiger charge is 2.20. The van der Waals surface area contributed by atoms with Crippen molar-refractivity contribution in [3.63, 3.8) is 0 Å². The third-order valence-corrected chi connectivity index (χ3v) is 2.67. The highest BCUT2D eigenvalue weighted by Crippen LogP contribution is 2.31. The maximum atomic E-state index is 8.35. The normalized spacial score (nSPS) is 11.6. The van der Waals surface area contributed by atoms with Crippen LogP contribution in [0.4, 0.5) is 0 Å². The number of unbranched alkanes of at least 4 members (excludes halogenated alkanes) is 1. The lowest BCUT2D eigenvalue weighted by molar-refractivity contribution is 0.224. The van der Waals surface area contributed by atoms with Gasteiger partial charge in [-0.15, -0.1) is 0 Å². The minimum absolute atomic E-state index is 0.400. The topological polar surface area (TPSA) is 23.8 Å². The molecule has 0 aliphatic carbocycles. The van der Waals surface area contributed by atoms with E-state index in [9.17, 15) is 0 Å². The molecule has 1 heteroatoms. The number of hydrogen-bond acceptors (Lipinski definition) is 1. The predicted molar refractivity (Wildman–Crippen MR) is 48.1 cm³/mol. The number of nitrogens with zero attached hydrogens (tertiary/aromatic N) is 1. The van der Waals surface area contributed by atoms with Crippen molar-refractivity contribution in [3.8, 4) is 6.07 Å². The Hall–Kier alpha value is -0.510. The van der Waals surface area contributed by atoms with E-state index in [4.69, 9.17) is 5.26 Å². The summed E-state index contributed by atoms with van der Waals surface area (Å²) in [5.74, 6) is 0.709. The van der Waals surface area contributed by atoms with E-state index in [1.54, 1.807) is 0 Å². The van der Waals surface area contributed by atoms with E-state index < -0.39 is 0 Å². The lowest BCUT2D eigenvalue weighted by Gasteiger charge is -2.28. The fourth-order valence-electron chi connectivity index (χ4n) is 0.912. The Kier molecular flexibility index (Phi) is 4.18. The zero-order valence-electron chi connectivity index (χ0n) is 8.15. The van der Waals surface area contributed by atoms with Crippen LogP contribution in [0.5, 0.6) is 0 Å². The Labute approximate surface area is 70.4 Å². The second kappa shape index (κ2) is 4.38. The average molecular weight is 153 g/mol. The Bertz CT molecular complexity index is 139. The van der Waals surface area contributed by atoms with Crippen LogP contribution < -0.4 is 0 Å². The van der Waals surface area contributed by atoms with E-state index in [0.717, 1.165) is 12.8 Å². The fourth-order valence-corrected chi connectivity index (χ4v) is 0.912. The Morgan fingerprint density at radius 3 is 2.27 bits per heavy atom. The first kappa shape index (κ1) is 10.5. The quantitative estimate of drug-likeness (QED) is 0.568. The first-order chi connectivity index (χ1) is 5.00. The molecule has 0 aromatic rings. The van der Waals surface area contributed by atoms with Crippen LogP contribution in [0.1, 0.15) is 47.0 Å². The molecule has 0 bridgehead atoms. The number of rotatable bonds is 4. The van der Waals surface area contributed by atoms with Gasteiger partial charge >= 0.3 is 0 Å². The molecule has 0 unspecified atom stereocenters. The maximum absolute atomic E-state index is 8.35. The molecule has 0 amide bonds. The van der Waals surface area contributed by atoms with Gasteiger partial charge < -0.3 is 0 Å². The average Bonchev–Trinajstić information content (AvgIpc) is 1.88. The monoisotopic (exact) mass is 153 g/mol. The van der Waals surface area contributed by atoms with Gasteiger partial charge in [-0.25, -0.2) is 0 Å². The van der Waals surface area contributed by atoms with E-state index in [2.05, 4.69) is 33.8 Å². The van der Waals surface area contributed by atoms with Crippen molar-refractivity contribution in [1.29, 1.82) is 5.26 Å². The first-order valence-electron chi connectivity index (χ1n) is 4.37. The maximum Gasteiger partial charge on any atom is 0.0621 e. The molecule has 0 fully saturated rings. The molecule has 0 saturated heterocycles. The molecule has 0 saturated carbocycles. The molecule has 1 nitrogen and oxygen atoms in total.